The third-order valence-corrected chi connectivity index (χ3v) is 5.28. The Morgan fingerprint density at radius 3 is 2.62 bits per heavy atom. The molecule has 1 atom stereocenters. The van der Waals surface area contributed by atoms with Crippen LogP contribution in [0.5, 0.6) is 5.75 Å². The summed E-state index contributed by atoms with van der Waals surface area (Å²) >= 11 is 0. The summed E-state index contributed by atoms with van der Waals surface area (Å²) < 4.78 is 16.1. The second-order valence-corrected chi connectivity index (χ2v) is 6.67. The molecular weight excluding hydrogens is 376 g/mol. The number of hydrogen-bond donors (Lipinski definition) is 2. The van der Waals surface area contributed by atoms with E-state index in [4.69, 9.17) is 19.6 Å². The summed E-state index contributed by atoms with van der Waals surface area (Å²) in [5, 5.41) is 3.18. The molecule has 3 N–H and O–H groups in total. The van der Waals surface area contributed by atoms with E-state index in [9.17, 15) is 14.4 Å². The third-order valence-electron chi connectivity index (χ3n) is 5.28. The zero-order chi connectivity index (χ0) is 20.3. The van der Waals surface area contributed by atoms with Crippen LogP contribution >= 0.6 is 0 Å². The minimum Gasteiger partial charge on any atom is -0.465 e. The molecule has 0 aliphatic carbocycles. The number of fused-ring (bicyclic) bond motifs is 6. The third kappa shape index (κ3) is 2.00. The zero-order valence-electron chi connectivity index (χ0n) is 15.1. The number of ether oxygens (including phenoxy) is 2. The monoisotopic (exact) mass is 390 g/mol. The standard InChI is InChI=1S/C21H14N2O6/c1-27-18(24)15-17(22)29-16-10-6-2-5-9-13(10)28-19(25)14(16)21(15)11-7-3-4-8-12(11)23-20(21)26/h2-9H,22H2,1H3,(H,23,26)/t21-/m0/s1. The zero-order valence-corrected chi connectivity index (χ0v) is 15.1. The van der Waals surface area contributed by atoms with E-state index in [-0.39, 0.29) is 28.4 Å². The topological polar surface area (TPSA) is 121 Å². The van der Waals surface area contributed by atoms with Crippen LogP contribution in [0.1, 0.15) is 11.1 Å². The summed E-state index contributed by atoms with van der Waals surface area (Å²) in [7, 11) is 1.16. The lowest BCUT2D eigenvalue weighted by atomic mass is 9.68. The first-order valence-electron chi connectivity index (χ1n) is 8.73. The maximum absolute atomic E-state index is 13.4. The quantitative estimate of drug-likeness (QED) is 0.480. The lowest BCUT2D eigenvalue weighted by Crippen LogP contribution is -2.48. The highest BCUT2D eigenvalue weighted by Gasteiger charge is 2.60. The normalized spacial score (nSPS) is 19.6. The van der Waals surface area contributed by atoms with Crippen molar-refractivity contribution in [1.29, 1.82) is 0 Å². The molecule has 144 valence electrons. The summed E-state index contributed by atoms with van der Waals surface area (Å²) in [6, 6.07) is 13.5. The highest BCUT2D eigenvalue weighted by atomic mass is 16.5. The molecule has 0 unspecified atom stereocenters. The van der Waals surface area contributed by atoms with Crippen molar-refractivity contribution in [2.75, 3.05) is 12.4 Å². The van der Waals surface area contributed by atoms with Gasteiger partial charge in [0.25, 0.3) is 0 Å². The Labute approximate surface area is 163 Å². The van der Waals surface area contributed by atoms with E-state index in [1.165, 1.54) is 0 Å². The number of nitrogens with two attached hydrogens (primary N) is 1. The number of hydrogen-bond acceptors (Lipinski definition) is 7. The van der Waals surface area contributed by atoms with Gasteiger partial charge in [-0.25, -0.2) is 9.59 Å². The average molecular weight is 390 g/mol. The predicted molar refractivity (Wildman–Crippen MR) is 102 cm³/mol. The molecule has 3 heterocycles. The summed E-state index contributed by atoms with van der Waals surface area (Å²) in [4.78, 5) is 39.2. The van der Waals surface area contributed by atoms with Crippen LogP contribution in [-0.4, -0.2) is 19.0 Å². The van der Waals surface area contributed by atoms with Gasteiger partial charge in [-0.1, -0.05) is 30.3 Å². The van der Waals surface area contributed by atoms with Crippen molar-refractivity contribution in [2.45, 2.75) is 5.41 Å². The van der Waals surface area contributed by atoms with Crippen molar-refractivity contribution in [3.05, 3.63) is 81.5 Å². The molecule has 29 heavy (non-hydrogen) atoms. The van der Waals surface area contributed by atoms with Crippen molar-refractivity contribution in [3.63, 3.8) is 0 Å². The molecule has 8 heteroatoms. The van der Waals surface area contributed by atoms with Crippen molar-refractivity contribution in [2.24, 2.45) is 5.73 Å². The van der Waals surface area contributed by atoms with Gasteiger partial charge in [-0.2, -0.15) is 0 Å². The second kappa shape index (κ2) is 5.71. The maximum atomic E-state index is 13.4. The Balaban J connectivity index is 2.01. The number of rotatable bonds is 1. The first-order chi connectivity index (χ1) is 14.0. The minimum absolute atomic E-state index is 0.0776. The van der Waals surface area contributed by atoms with Crippen LogP contribution in [0.2, 0.25) is 0 Å². The molecule has 3 aromatic rings. The Kier molecular flexibility index (Phi) is 3.36. The van der Waals surface area contributed by atoms with Gasteiger partial charge in [0.1, 0.15) is 22.1 Å². The van der Waals surface area contributed by atoms with E-state index in [1.807, 2.05) is 0 Å². The molecule has 8 nitrogen and oxygen atoms in total. The highest BCUT2D eigenvalue weighted by molar-refractivity contribution is 6.17. The SMILES string of the molecule is COC(=O)C1=C(N)Oc2c(c(=O)oc3ccccc23)[C@]12C(=O)Nc1ccccc12. The van der Waals surface area contributed by atoms with E-state index in [1.54, 1.807) is 48.5 Å². The Bertz CT molecular complexity index is 1320. The largest absolute Gasteiger partial charge is 0.465 e. The van der Waals surface area contributed by atoms with E-state index in [0.717, 1.165) is 7.11 Å². The van der Waals surface area contributed by atoms with Crippen LogP contribution in [0.4, 0.5) is 5.69 Å². The van der Waals surface area contributed by atoms with Crippen molar-refractivity contribution >= 4 is 28.5 Å². The van der Waals surface area contributed by atoms with Gasteiger partial charge >= 0.3 is 11.6 Å². The smallest absolute Gasteiger partial charge is 0.345 e. The highest BCUT2D eigenvalue weighted by Crippen LogP contribution is 2.53. The van der Waals surface area contributed by atoms with Crippen molar-refractivity contribution in [3.8, 4) is 5.75 Å². The molecule has 0 radical (unpaired) electrons. The van der Waals surface area contributed by atoms with Crippen LogP contribution in [-0.2, 0) is 19.7 Å². The van der Waals surface area contributed by atoms with Crippen LogP contribution in [0.25, 0.3) is 11.0 Å². The molecule has 1 aromatic heterocycles. The molecule has 5 rings (SSSR count). The fraction of sp³-hybridized carbons (Fsp3) is 0.0952. The van der Waals surface area contributed by atoms with Gasteiger partial charge in [0, 0.05) is 11.3 Å². The van der Waals surface area contributed by atoms with E-state index in [2.05, 4.69) is 5.32 Å². The molecule has 0 saturated heterocycles. The van der Waals surface area contributed by atoms with Crippen LogP contribution in [0, 0.1) is 0 Å². The number of nitrogens with one attached hydrogen (secondary N) is 1. The van der Waals surface area contributed by atoms with Crippen LogP contribution in [0.15, 0.2) is 69.2 Å². The Morgan fingerprint density at radius 2 is 1.83 bits per heavy atom. The molecule has 1 amide bonds. The number of anilines is 1. The number of benzene rings is 2. The van der Waals surface area contributed by atoms with Gasteiger partial charge in [-0.05, 0) is 18.2 Å². The predicted octanol–water partition coefficient (Wildman–Crippen LogP) is 1.77. The summed E-state index contributed by atoms with van der Waals surface area (Å²) in [6.45, 7) is 0. The van der Waals surface area contributed by atoms with Crippen molar-refractivity contribution in [1.82, 2.24) is 0 Å². The van der Waals surface area contributed by atoms with Gasteiger partial charge in [0.2, 0.25) is 11.8 Å². The number of carbonyl (C=O) groups is 2. The maximum Gasteiger partial charge on any atom is 0.345 e. The van der Waals surface area contributed by atoms with Gasteiger partial charge in [-0.15, -0.1) is 0 Å². The number of methoxy groups -OCH3 is 1. The molecule has 0 saturated carbocycles. The average Bonchev–Trinajstić information content (AvgIpc) is 3.00. The molecule has 2 aliphatic rings. The van der Waals surface area contributed by atoms with Gasteiger partial charge in [0.15, 0.2) is 5.75 Å². The lowest BCUT2D eigenvalue weighted by Gasteiger charge is -2.34. The van der Waals surface area contributed by atoms with E-state index < -0.39 is 22.9 Å². The summed E-state index contributed by atoms with van der Waals surface area (Å²) in [5.74, 6) is -1.73. The Morgan fingerprint density at radius 1 is 1.10 bits per heavy atom. The molecule has 2 aromatic carbocycles. The summed E-state index contributed by atoms with van der Waals surface area (Å²) in [6.07, 6.45) is 0. The lowest BCUT2D eigenvalue weighted by molar-refractivity contribution is -0.138. The molecule has 0 fully saturated rings. The fourth-order valence-corrected chi connectivity index (χ4v) is 4.13. The van der Waals surface area contributed by atoms with Crippen LogP contribution < -0.4 is 21.4 Å². The van der Waals surface area contributed by atoms with Gasteiger partial charge in [-0.3, -0.25) is 4.79 Å². The molecule has 1 spiro atoms. The number of esters is 1. The van der Waals surface area contributed by atoms with E-state index in [0.29, 0.717) is 16.6 Å². The minimum atomic E-state index is -1.86. The van der Waals surface area contributed by atoms with Gasteiger partial charge in [0.05, 0.1) is 12.5 Å². The van der Waals surface area contributed by atoms with E-state index >= 15 is 0 Å². The van der Waals surface area contributed by atoms with Gasteiger partial charge < -0.3 is 24.9 Å². The number of para-hydroxylation sites is 2. The number of amides is 1. The Hall–Kier alpha value is -4.07. The molecule has 2 aliphatic heterocycles. The fourth-order valence-electron chi connectivity index (χ4n) is 4.13. The first kappa shape index (κ1) is 17.1. The number of carbonyl (C=O) groups excluding carboxylic acids is 2. The summed E-state index contributed by atoms with van der Waals surface area (Å²) in [5.41, 5.74) is 4.20. The van der Waals surface area contributed by atoms with Crippen molar-refractivity contribution < 1.29 is 23.5 Å². The van der Waals surface area contributed by atoms with Crippen LogP contribution in [0.3, 0.4) is 0 Å². The first-order valence-corrected chi connectivity index (χ1v) is 8.73. The molecular formula is C21H14N2O6. The molecule has 0 bridgehead atoms. The second-order valence-electron chi connectivity index (χ2n) is 6.67.